The van der Waals surface area contributed by atoms with Crippen LogP contribution in [0.1, 0.15) is 33.1 Å². The molecule has 2 aliphatic rings. The second kappa shape index (κ2) is 5.99. The van der Waals surface area contributed by atoms with E-state index in [1.165, 1.54) is 52.0 Å². The monoisotopic (exact) mass is 225 g/mol. The SMILES string of the molecule is CC1CCN(CC2CCNCC2)CC(C)N1. The Kier molecular flexibility index (Phi) is 4.62. The van der Waals surface area contributed by atoms with Crippen molar-refractivity contribution in [1.82, 2.24) is 15.5 Å². The van der Waals surface area contributed by atoms with Crippen LogP contribution in [0.15, 0.2) is 0 Å². The van der Waals surface area contributed by atoms with Gasteiger partial charge in [-0.15, -0.1) is 0 Å². The van der Waals surface area contributed by atoms with E-state index >= 15 is 0 Å². The van der Waals surface area contributed by atoms with Crippen molar-refractivity contribution in [2.75, 3.05) is 32.7 Å². The van der Waals surface area contributed by atoms with Crippen LogP contribution in [0, 0.1) is 5.92 Å². The van der Waals surface area contributed by atoms with Crippen molar-refractivity contribution in [3.63, 3.8) is 0 Å². The maximum absolute atomic E-state index is 3.65. The van der Waals surface area contributed by atoms with Crippen molar-refractivity contribution in [3.8, 4) is 0 Å². The first-order valence-corrected chi connectivity index (χ1v) is 6.93. The fourth-order valence-electron chi connectivity index (χ4n) is 3.07. The minimum absolute atomic E-state index is 0.652. The van der Waals surface area contributed by atoms with Crippen LogP contribution in [0.3, 0.4) is 0 Å². The number of hydrogen-bond acceptors (Lipinski definition) is 3. The van der Waals surface area contributed by atoms with E-state index in [-0.39, 0.29) is 0 Å². The summed E-state index contributed by atoms with van der Waals surface area (Å²) in [5.74, 6) is 0.932. The average Bonchev–Trinajstić information content (AvgIpc) is 2.41. The van der Waals surface area contributed by atoms with E-state index in [0.717, 1.165) is 5.92 Å². The minimum Gasteiger partial charge on any atom is -0.317 e. The molecule has 0 aliphatic carbocycles. The zero-order valence-electron chi connectivity index (χ0n) is 10.8. The third kappa shape index (κ3) is 3.72. The first-order chi connectivity index (χ1) is 7.74. The second-order valence-electron chi connectivity index (χ2n) is 5.71. The van der Waals surface area contributed by atoms with Crippen LogP contribution in [0.5, 0.6) is 0 Å². The molecule has 2 unspecified atom stereocenters. The number of hydrogen-bond donors (Lipinski definition) is 2. The second-order valence-corrected chi connectivity index (χ2v) is 5.71. The van der Waals surface area contributed by atoms with Crippen LogP contribution in [0.2, 0.25) is 0 Å². The Balaban J connectivity index is 1.79. The van der Waals surface area contributed by atoms with Gasteiger partial charge in [0.1, 0.15) is 0 Å². The molecular formula is C13H27N3. The molecule has 94 valence electrons. The number of nitrogens with one attached hydrogen (secondary N) is 2. The number of piperidine rings is 1. The molecule has 0 aromatic rings. The molecule has 0 amide bonds. The first-order valence-electron chi connectivity index (χ1n) is 6.93. The van der Waals surface area contributed by atoms with Crippen molar-refractivity contribution < 1.29 is 0 Å². The van der Waals surface area contributed by atoms with Gasteiger partial charge < -0.3 is 15.5 Å². The highest BCUT2D eigenvalue weighted by molar-refractivity contribution is 4.80. The summed E-state index contributed by atoms with van der Waals surface area (Å²) in [6, 6.07) is 1.34. The van der Waals surface area contributed by atoms with E-state index in [4.69, 9.17) is 0 Å². The van der Waals surface area contributed by atoms with Gasteiger partial charge >= 0.3 is 0 Å². The normalized spacial score (nSPS) is 34.9. The van der Waals surface area contributed by atoms with E-state index in [2.05, 4.69) is 29.4 Å². The number of rotatable bonds is 2. The Hall–Kier alpha value is -0.120. The summed E-state index contributed by atoms with van der Waals surface area (Å²) >= 11 is 0. The molecule has 0 bridgehead atoms. The Bertz CT molecular complexity index is 201. The van der Waals surface area contributed by atoms with E-state index in [9.17, 15) is 0 Å². The molecule has 0 aromatic carbocycles. The van der Waals surface area contributed by atoms with Gasteiger partial charge in [0.15, 0.2) is 0 Å². The highest BCUT2D eigenvalue weighted by Crippen LogP contribution is 2.15. The molecule has 2 saturated heterocycles. The third-order valence-corrected chi connectivity index (χ3v) is 3.95. The topological polar surface area (TPSA) is 27.3 Å². The zero-order valence-corrected chi connectivity index (χ0v) is 10.8. The molecule has 16 heavy (non-hydrogen) atoms. The van der Waals surface area contributed by atoms with Gasteiger partial charge in [-0.3, -0.25) is 0 Å². The van der Waals surface area contributed by atoms with Gasteiger partial charge in [-0.2, -0.15) is 0 Å². The maximum atomic E-state index is 3.65. The summed E-state index contributed by atoms with van der Waals surface area (Å²) in [4.78, 5) is 2.68. The van der Waals surface area contributed by atoms with Crippen LogP contribution in [-0.4, -0.2) is 49.7 Å². The van der Waals surface area contributed by atoms with E-state index in [1.807, 2.05) is 0 Å². The molecule has 2 N–H and O–H groups in total. The largest absolute Gasteiger partial charge is 0.317 e. The molecule has 2 rings (SSSR count). The Morgan fingerprint density at radius 3 is 2.56 bits per heavy atom. The lowest BCUT2D eigenvalue weighted by atomic mass is 9.97. The Morgan fingerprint density at radius 1 is 1.06 bits per heavy atom. The molecule has 2 heterocycles. The Morgan fingerprint density at radius 2 is 1.81 bits per heavy atom. The highest BCUT2D eigenvalue weighted by Gasteiger charge is 2.21. The molecule has 0 spiro atoms. The van der Waals surface area contributed by atoms with Crippen LogP contribution < -0.4 is 10.6 Å². The predicted molar refractivity (Wildman–Crippen MR) is 68.7 cm³/mol. The molecule has 0 radical (unpaired) electrons. The lowest BCUT2D eigenvalue weighted by Gasteiger charge is -2.30. The lowest BCUT2D eigenvalue weighted by Crippen LogP contribution is -2.41. The van der Waals surface area contributed by atoms with Crippen molar-refractivity contribution in [2.45, 2.75) is 45.2 Å². The Labute approximate surface area is 100.0 Å². The van der Waals surface area contributed by atoms with E-state index in [0.29, 0.717) is 12.1 Å². The molecule has 0 saturated carbocycles. The molecule has 0 aromatic heterocycles. The molecule has 3 heteroatoms. The van der Waals surface area contributed by atoms with Gasteiger partial charge in [0.2, 0.25) is 0 Å². The van der Waals surface area contributed by atoms with Crippen LogP contribution in [-0.2, 0) is 0 Å². The summed E-state index contributed by atoms with van der Waals surface area (Å²) in [6.07, 6.45) is 4.04. The van der Waals surface area contributed by atoms with Crippen molar-refractivity contribution in [3.05, 3.63) is 0 Å². The molecular weight excluding hydrogens is 198 g/mol. The summed E-state index contributed by atoms with van der Waals surface area (Å²) < 4.78 is 0. The fraction of sp³-hybridized carbons (Fsp3) is 1.00. The highest BCUT2D eigenvalue weighted by atomic mass is 15.2. The zero-order chi connectivity index (χ0) is 11.4. The van der Waals surface area contributed by atoms with Gasteiger partial charge in [-0.25, -0.2) is 0 Å². The lowest BCUT2D eigenvalue weighted by molar-refractivity contribution is 0.205. The number of nitrogens with zero attached hydrogens (tertiary/aromatic N) is 1. The van der Waals surface area contributed by atoms with Crippen LogP contribution in [0.25, 0.3) is 0 Å². The summed E-state index contributed by atoms with van der Waals surface area (Å²) in [6.45, 7) is 10.9. The van der Waals surface area contributed by atoms with Gasteiger partial charge in [0.05, 0.1) is 0 Å². The standard InChI is InChI=1S/C13H27N3/c1-11-5-8-16(9-12(2)15-11)10-13-3-6-14-7-4-13/h11-15H,3-10H2,1-2H3. The van der Waals surface area contributed by atoms with Crippen LogP contribution >= 0.6 is 0 Å². The van der Waals surface area contributed by atoms with E-state index in [1.54, 1.807) is 0 Å². The minimum atomic E-state index is 0.652. The van der Waals surface area contributed by atoms with E-state index < -0.39 is 0 Å². The first kappa shape index (κ1) is 12.3. The van der Waals surface area contributed by atoms with Gasteiger partial charge in [0, 0.05) is 25.2 Å². The fourth-order valence-corrected chi connectivity index (χ4v) is 3.07. The van der Waals surface area contributed by atoms with Crippen molar-refractivity contribution in [2.24, 2.45) is 5.92 Å². The molecule has 2 fully saturated rings. The van der Waals surface area contributed by atoms with Crippen LogP contribution in [0.4, 0.5) is 0 Å². The summed E-state index contributed by atoms with van der Waals surface area (Å²) in [7, 11) is 0. The molecule has 2 aliphatic heterocycles. The smallest absolute Gasteiger partial charge is 0.0169 e. The molecule has 2 atom stereocenters. The van der Waals surface area contributed by atoms with Gasteiger partial charge in [0.25, 0.3) is 0 Å². The third-order valence-electron chi connectivity index (χ3n) is 3.95. The van der Waals surface area contributed by atoms with Crippen molar-refractivity contribution in [1.29, 1.82) is 0 Å². The van der Waals surface area contributed by atoms with Crippen molar-refractivity contribution >= 4 is 0 Å². The summed E-state index contributed by atoms with van der Waals surface area (Å²) in [5.41, 5.74) is 0. The van der Waals surface area contributed by atoms with Gasteiger partial charge in [-0.05, 0) is 58.7 Å². The predicted octanol–water partition coefficient (Wildman–Crippen LogP) is 1.06. The quantitative estimate of drug-likeness (QED) is 0.736. The molecule has 3 nitrogen and oxygen atoms in total. The van der Waals surface area contributed by atoms with Gasteiger partial charge in [-0.1, -0.05) is 0 Å². The maximum Gasteiger partial charge on any atom is 0.0169 e. The average molecular weight is 225 g/mol. The summed E-state index contributed by atoms with van der Waals surface area (Å²) in [5, 5.41) is 7.10.